The Hall–Kier alpha value is -2.71. The van der Waals surface area contributed by atoms with Gasteiger partial charge in [-0.25, -0.2) is 8.42 Å². The van der Waals surface area contributed by atoms with Gasteiger partial charge in [0.2, 0.25) is 21.8 Å². The molecular formula is C24H31N3O4S. The van der Waals surface area contributed by atoms with Crippen LogP contribution in [-0.4, -0.2) is 32.8 Å². The quantitative estimate of drug-likeness (QED) is 0.636. The molecule has 1 aliphatic heterocycles. The van der Waals surface area contributed by atoms with E-state index in [2.05, 4.69) is 10.0 Å². The molecule has 2 aromatic carbocycles. The number of hydrogen-bond donors (Lipinski definition) is 2. The van der Waals surface area contributed by atoms with Gasteiger partial charge in [-0.15, -0.1) is 0 Å². The number of rotatable bonds is 8. The number of nitrogens with zero attached hydrogens (tertiary/aromatic N) is 1. The van der Waals surface area contributed by atoms with Crippen LogP contribution in [0.4, 0.5) is 5.69 Å². The number of anilines is 1. The molecule has 0 bridgehead atoms. The van der Waals surface area contributed by atoms with Gasteiger partial charge in [0.15, 0.2) is 0 Å². The molecule has 1 aliphatic rings. The van der Waals surface area contributed by atoms with Gasteiger partial charge >= 0.3 is 0 Å². The van der Waals surface area contributed by atoms with Gasteiger partial charge in [0.1, 0.15) is 6.04 Å². The highest BCUT2D eigenvalue weighted by molar-refractivity contribution is 7.89. The molecule has 0 fully saturated rings. The number of amides is 2. The third kappa shape index (κ3) is 5.19. The largest absolute Gasteiger partial charge is 0.348 e. The van der Waals surface area contributed by atoms with E-state index < -0.39 is 16.1 Å². The van der Waals surface area contributed by atoms with Crippen LogP contribution in [0.3, 0.4) is 0 Å². The molecule has 0 saturated heterocycles. The molecule has 1 heterocycles. The van der Waals surface area contributed by atoms with Crippen molar-refractivity contribution < 1.29 is 18.0 Å². The molecule has 3 rings (SSSR count). The highest BCUT2D eigenvalue weighted by atomic mass is 32.2. The van der Waals surface area contributed by atoms with Gasteiger partial charge in [-0.3, -0.25) is 9.59 Å². The van der Waals surface area contributed by atoms with E-state index in [1.54, 1.807) is 37.8 Å². The lowest BCUT2D eigenvalue weighted by Crippen LogP contribution is -2.50. The second-order valence-electron chi connectivity index (χ2n) is 8.42. The Balaban J connectivity index is 1.77. The number of carbonyl (C=O) groups excluding carboxylic acids is 2. The molecule has 0 aliphatic carbocycles. The molecule has 0 aromatic heterocycles. The summed E-state index contributed by atoms with van der Waals surface area (Å²) < 4.78 is 28.8. The van der Waals surface area contributed by atoms with Gasteiger partial charge in [-0.1, -0.05) is 51.1 Å². The Morgan fingerprint density at radius 2 is 1.75 bits per heavy atom. The summed E-state index contributed by atoms with van der Waals surface area (Å²) in [4.78, 5) is 26.8. The molecule has 2 amide bonds. The summed E-state index contributed by atoms with van der Waals surface area (Å²) in [5.41, 5.74) is 2.51. The minimum atomic E-state index is -3.93. The number of sulfonamides is 1. The topological polar surface area (TPSA) is 95.6 Å². The average molecular weight is 458 g/mol. The van der Waals surface area contributed by atoms with Crippen molar-refractivity contribution in [1.29, 1.82) is 0 Å². The SMILES string of the molecule is CCC(=O)N1CCc2cc(S(=O)(=O)N[C@H](C(=O)N[C@H](C)c3ccccc3)C(C)C)ccc21. The van der Waals surface area contributed by atoms with Crippen molar-refractivity contribution >= 4 is 27.5 Å². The molecule has 2 aromatic rings. The summed E-state index contributed by atoms with van der Waals surface area (Å²) in [6.07, 6.45) is 1.00. The van der Waals surface area contributed by atoms with E-state index in [1.165, 1.54) is 6.07 Å². The maximum atomic E-state index is 13.1. The molecule has 0 saturated carbocycles. The second kappa shape index (κ2) is 9.83. The van der Waals surface area contributed by atoms with Crippen molar-refractivity contribution in [2.24, 2.45) is 5.92 Å². The van der Waals surface area contributed by atoms with Crippen LogP contribution in [0.25, 0.3) is 0 Å². The first kappa shape index (κ1) is 23.9. The van der Waals surface area contributed by atoms with Crippen molar-refractivity contribution in [3.8, 4) is 0 Å². The third-order valence-electron chi connectivity index (χ3n) is 5.75. The summed E-state index contributed by atoms with van der Waals surface area (Å²) >= 11 is 0. The molecule has 32 heavy (non-hydrogen) atoms. The fourth-order valence-electron chi connectivity index (χ4n) is 3.85. The van der Waals surface area contributed by atoms with Gasteiger partial charge in [0.05, 0.1) is 10.9 Å². The molecule has 7 nitrogen and oxygen atoms in total. The summed E-state index contributed by atoms with van der Waals surface area (Å²) in [5.74, 6) is -0.609. The predicted molar refractivity (Wildman–Crippen MR) is 125 cm³/mol. The molecule has 172 valence electrons. The molecule has 0 radical (unpaired) electrons. The van der Waals surface area contributed by atoms with E-state index in [4.69, 9.17) is 0 Å². The standard InChI is InChI=1S/C24H31N3O4S/c1-5-22(28)27-14-13-19-15-20(11-12-21(19)27)32(30,31)26-23(16(2)3)24(29)25-17(4)18-9-7-6-8-10-18/h6-12,15-17,23,26H,5,13-14H2,1-4H3,(H,25,29)/t17-,23+/m1/s1. The van der Waals surface area contributed by atoms with Gasteiger partial charge in [-0.2, -0.15) is 4.72 Å². The molecule has 0 spiro atoms. The van der Waals surface area contributed by atoms with Crippen LogP contribution in [0.1, 0.15) is 51.3 Å². The normalized spacial score (nSPS) is 15.3. The fraction of sp³-hybridized carbons (Fsp3) is 0.417. The first-order valence-corrected chi connectivity index (χ1v) is 12.4. The number of fused-ring (bicyclic) bond motifs is 1. The van der Waals surface area contributed by atoms with Crippen LogP contribution in [-0.2, 0) is 26.0 Å². The van der Waals surface area contributed by atoms with Crippen molar-refractivity contribution in [2.45, 2.75) is 57.5 Å². The maximum Gasteiger partial charge on any atom is 0.241 e. The zero-order valence-electron chi connectivity index (χ0n) is 19.0. The lowest BCUT2D eigenvalue weighted by Gasteiger charge is -2.24. The monoisotopic (exact) mass is 457 g/mol. The van der Waals surface area contributed by atoms with Gasteiger partial charge < -0.3 is 10.2 Å². The van der Waals surface area contributed by atoms with Crippen LogP contribution in [0.5, 0.6) is 0 Å². The van der Waals surface area contributed by atoms with E-state index >= 15 is 0 Å². The van der Waals surface area contributed by atoms with Gasteiger partial charge in [0.25, 0.3) is 0 Å². The Morgan fingerprint density at radius 1 is 1.06 bits per heavy atom. The summed E-state index contributed by atoms with van der Waals surface area (Å²) in [7, 11) is -3.93. The summed E-state index contributed by atoms with van der Waals surface area (Å²) in [5, 5.41) is 2.91. The van der Waals surface area contributed by atoms with E-state index in [0.29, 0.717) is 19.4 Å². The third-order valence-corrected chi connectivity index (χ3v) is 7.19. The minimum Gasteiger partial charge on any atom is -0.348 e. The second-order valence-corrected chi connectivity index (χ2v) is 10.1. The zero-order chi connectivity index (χ0) is 23.5. The van der Waals surface area contributed by atoms with E-state index in [0.717, 1.165) is 16.8 Å². The highest BCUT2D eigenvalue weighted by Gasteiger charge is 2.31. The number of nitrogens with one attached hydrogen (secondary N) is 2. The Kier molecular flexibility index (Phi) is 7.36. The zero-order valence-corrected chi connectivity index (χ0v) is 19.8. The lowest BCUT2D eigenvalue weighted by atomic mass is 10.0. The molecule has 2 atom stereocenters. The average Bonchev–Trinajstić information content (AvgIpc) is 3.20. The maximum absolute atomic E-state index is 13.1. The van der Waals surface area contributed by atoms with Crippen LogP contribution in [0.15, 0.2) is 53.4 Å². The summed E-state index contributed by atoms with van der Waals surface area (Å²) in [6.45, 7) is 7.82. The Labute approximate surface area is 190 Å². The molecule has 8 heteroatoms. The van der Waals surface area contributed by atoms with Crippen molar-refractivity contribution in [1.82, 2.24) is 10.0 Å². The van der Waals surface area contributed by atoms with E-state index in [1.807, 2.05) is 37.3 Å². The first-order chi connectivity index (χ1) is 15.1. The van der Waals surface area contributed by atoms with Crippen LogP contribution in [0, 0.1) is 5.92 Å². The summed E-state index contributed by atoms with van der Waals surface area (Å²) in [6, 6.07) is 13.1. The fourth-order valence-corrected chi connectivity index (χ4v) is 5.25. The highest BCUT2D eigenvalue weighted by Crippen LogP contribution is 2.30. The smallest absolute Gasteiger partial charge is 0.241 e. The first-order valence-electron chi connectivity index (χ1n) is 10.9. The van der Waals surface area contributed by atoms with Crippen molar-refractivity contribution in [3.63, 3.8) is 0 Å². The van der Waals surface area contributed by atoms with E-state index in [-0.39, 0.29) is 28.7 Å². The molecular weight excluding hydrogens is 426 g/mol. The van der Waals surface area contributed by atoms with Crippen LogP contribution in [0.2, 0.25) is 0 Å². The van der Waals surface area contributed by atoms with Crippen molar-refractivity contribution in [2.75, 3.05) is 11.4 Å². The molecule has 2 N–H and O–H groups in total. The van der Waals surface area contributed by atoms with Crippen LogP contribution >= 0.6 is 0 Å². The number of benzene rings is 2. The Bertz CT molecular complexity index is 1080. The molecule has 0 unspecified atom stereocenters. The van der Waals surface area contributed by atoms with Gasteiger partial charge in [-0.05, 0) is 48.6 Å². The van der Waals surface area contributed by atoms with Crippen LogP contribution < -0.4 is 14.9 Å². The van der Waals surface area contributed by atoms with Gasteiger partial charge in [0, 0.05) is 18.7 Å². The Morgan fingerprint density at radius 3 is 2.38 bits per heavy atom. The predicted octanol–water partition coefficient (Wildman–Crippen LogP) is 3.17. The van der Waals surface area contributed by atoms with E-state index in [9.17, 15) is 18.0 Å². The lowest BCUT2D eigenvalue weighted by molar-refractivity contribution is -0.124. The van der Waals surface area contributed by atoms with Crippen molar-refractivity contribution in [3.05, 3.63) is 59.7 Å². The number of carbonyl (C=O) groups is 2. The number of hydrogen-bond acceptors (Lipinski definition) is 4. The minimum absolute atomic E-state index is 0.0153.